The highest BCUT2D eigenvalue weighted by Crippen LogP contribution is 2.25. The number of hydrogen-bond donors (Lipinski definition) is 2. The van der Waals surface area contributed by atoms with E-state index in [2.05, 4.69) is 38.5 Å². The lowest BCUT2D eigenvalue weighted by Gasteiger charge is -2.15. The molecule has 0 aliphatic rings. The number of rotatable bonds is 9. The van der Waals surface area contributed by atoms with Crippen LogP contribution in [0.15, 0.2) is 48.5 Å². The topological polar surface area (TPSA) is 76.7 Å². The predicted octanol–water partition coefficient (Wildman–Crippen LogP) is 4.07. The minimum absolute atomic E-state index is 0.198. The molecule has 2 amide bonds. The first-order valence-corrected chi connectivity index (χ1v) is 9.91. The molecule has 29 heavy (non-hydrogen) atoms. The Kier molecular flexibility index (Phi) is 8.52. The third-order valence-electron chi connectivity index (χ3n) is 4.30. The van der Waals surface area contributed by atoms with E-state index in [1.54, 1.807) is 24.3 Å². The fraction of sp³-hybridized carbons (Fsp3) is 0.391. The van der Waals surface area contributed by atoms with E-state index in [-0.39, 0.29) is 12.5 Å². The van der Waals surface area contributed by atoms with E-state index in [0.29, 0.717) is 29.6 Å². The van der Waals surface area contributed by atoms with Gasteiger partial charge in [-0.3, -0.25) is 20.4 Å². The first-order chi connectivity index (χ1) is 13.9. The average Bonchev–Trinajstić information content (AvgIpc) is 2.70. The number of benzene rings is 2. The van der Waals surface area contributed by atoms with Crippen LogP contribution in [0.4, 0.5) is 0 Å². The van der Waals surface area contributed by atoms with Crippen LogP contribution in [0.3, 0.4) is 0 Å². The second-order valence-corrected chi connectivity index (χ2v) is 7.51. The molecule has 156 valence electrons. The van der Waals surface area contributed by atoms with Gasteiger partial charge in [-0.05, 0) is 42.0 Å². The zero-order chi connectivity index (χ0) is 21.2. The van der Waals surface area contributed by atoms with Crippen molar-refractivity contribution >= 4 is 11.8 Å². The zero-order valence-electron chi connectivity index (χ0n) is 17.5. The lowest BCUT2D eigenvalue weighted by molar-refractivity contribution is -0.123. The van der Waals surface area contributed by atoms with Crippen LogP contribution in [0.1, 0.15) is 56.0 Å². The maximum atomic E-state index is 12.4. The van der Waals surface area contributed by atoms with Crippen molar-refractivity contribution in [2.24, 2.45) is 5.92 Å². The minimum Gasteiger partial charge on any atom is -0.493 e. The summed E-state index contributed by atoms with van der Waals surface area (Å²) in [6, 6.07) is 14.5. The summed E-state index contributed by atoms with van der Waals surface area (Å²) in [5.74, 6) is 1.04. The van der Waals surface area contributed by atoms with Crippen molar-refractivity contribution in [1.29, 1.82) is 0 Å². The van der Waals surface area contributed by atoms with E-state index in [9.17, 15) is 9.59 Å². The highest BCUT2D eigenvalue weighted by molar-refractivity contribution is 5.97. The van der Waals surface area contributed by atoms with Crippen LogP contribution in [0.5, 0.6) is 11.5 Å². The molecule has 6 nitrogen and oxygen atoms in total. The first kappa shape index (κ1) is 22.3. The lowest BCUT2D eigenvalue weighted by atomic mass is 10.0. The van der Waals surface area contributed by atoms with Gasteiger partial charge in [0.1, 0.15) is 11.5 Å². The Labute approximate surface area is 172 Å². The summed E-state index contributed by atoms with van der Waals surface area (Å²) in [6.07, 6.45) is 0.891. The van der Waals surface area contributed by atoms with Gasteiger partial charge in [0.2, 0.25) is 0 Å². The number of para-hydroxylation sites is 2. The van der Waals surface area contributed by atoms with Crippen LogP contribution in [0.2, 0.25) is 0 Å². The number of carbonyl (C=O) groups is 2. The van der Waals surface area contributed by atoms with Gasteiger partial charge in [0, 0.05) is 0 Å². The maximum Gasteiger partial charge on any atom is 0.276 e. The summed E-state index contributed by atoms with van der Waals surface area (Å²) in [5.41, 5.74) is 6.18. The fourth-order valence-corrected chi connectivity index (χ4v) is 2.65. The summed E-state index contributed by atoms with van der Waals surface area (Å²) >= 11 is 0. The summed E-state index contributed by atoms with van der Waals surface area (Å²) in [7, 11) is 0. The molecule has 0 spiro atoms. The molecule has 2 aromatic rings. The average molecular weight is 399 g/mol. The molecule has 2 N–H and O–H groups in total. The van der Waals surface area contributed by atoms with E-state index >= 15 is 0 Å². The number of carbonyl (C=O) groups excluding carboxylic acids is 2. The van der Waals surface area contributed by atoms with Gasteiger partial charge in [0.05, 0.1) is 12.2 Å². The molecule has 0 aliphatic carbocycles. The van der Waals surface area contributed by atoms with Crippen molar-refractivity contribution in [3.05, 3.63) is 59.7 Å². The smallest absolute Gasteiger partial charge is 0.276 e. The van der Waals surface area contributed by atoms with E-state index < -0.39 is 11.8 Å². The molecular weight excluding hydrogens is 368 g/mol. The van der Waals surface area contributed by atoms with Crippen LogP contribution in [0, 0.1) is 5.92 Å². The third kappa shape index (κ3) is 7.14. The van der Waals surface area contributed by atoms with Gasteiger partial charge < -0.3 is 9.47 Å². The number of amides is 2. The van der Waals surface area contributed by atoms with Crippen LogP contribution in [-0.4, -0.2) is 25.0 Å². The third-order valence-corrected chi connectivity index (χ3v) is 4.30. The lowest BCUT2D eigenvalue weighted by Crippen LogP contribution is -2.44. The molecule has 0 atom stereocenters. The quantitative estimate of drug-likeness (QED) is 0.624. The fourth-order valence-electron chi connectivity index (χ4n) is 2.65. The van der Waals surface area contributed by atoms with Crippen LogP contribution in [0.25, 0.3) is 0 Å². The minimum atomic E-state index is -0.449. The standard InChI is InChI=1S/C23H30N2O4/c1-16(2)13-14-28-21-12-8-6-10-19(21)23(27)25-24-22(26)15-29-20-11-7-5-9-18(20)17(3)4/h5-12,16-17H,13-15H2,1-4H3,(H,24,26)(H,25,27). The Morgan fingerprint density at radius 1 is 0.862 bits per heavy atom. The molecule has 0 unspecified atom stereocenters. The van der Waals surface area contributed by atoms with Crippen molar-refractivity contribution in [3.63, 3.8) is 0 Å². The number of ether oxygens (including phenoxy) is 2. The van der Waals surface area contributed by atoms with Crippen molar-refractivity contribution in [3.8, 4) is 11.5 Å². The Hall–Kier alpha value is -3.02. The summed E-state index contributed by atoms with van der Waals surface area (Å²) in [5, 5.41) is 0. The van der Waals surface area contributed by atoms with Crippen molar-refractivity contribution in [1.82, 2.24) is 10.9 Å². The van der Waals surface area contributed by atoms with Gasteiger partial charge in [-0.15, -0.1) is 0 Å². The summed E-state index contributed by atoms with van der Waals surface area (Å²) in [6.45, 7) is 8.67. The molecule has 0 aromatic heterocycles. The zero-order valence-corrected chi connectivity index (χ0v) is 17.5. The van der Waals surface area contributed by atoms with Gasteiger partial charge in [-0.25, -0.2) is 0 Å². The van der Waals surface area contributed by atoms with Gasteiger partial charge in [-0.1, -0.05) is 58.0 Å². The van der Waals surface area contributed by atoms with Gasteiger partial charge in [-0.2, -0.15) is 0 Å². The van der Waals surface area contributed by atoms with Gasteiger partial charge in [0.15, 0.2) is 6.61 Å². The van der Waals surface area contributed by atoms with Gasteiger partial charge >= 0.3 is 0 Å². The van der Waals surface area contributed by atoms with Crippen molar-refractivity contribution in [2.75, 3.05) is 13.2 Å². The predicted molar refractivity (Wildman–Crippen MR) is 113 cm³/mol. The Balaban J connectivity index is 1.87. The Bertz CT molecular complexity index is 818. The number of hydrazine groups is 1. The largest absolute Gasteiger partial charge is 0.493 e. The van der Waals surface area contributed by atoms with E-state index in [1.807, 2.05) is 24.3 Å². The highest BCUT2D eigenvalue weighted by Gasteiger charge is 2.14. The monoisotopic (exact) mass is 398 g/mol. The molecule has 0 bridgehead atoms. The normalized spacial score (nSPS) is 10.7. The SMILES string of the molecule is CC(C)CCOc1ccccc1C(=O)NNC(=O)COc1ccccc1C(C)C. The van der Waals surface area contributed by atoms with Gasteiger partial charge in [0.25, 0.3) is 11.8 Å². The molecule has 2 aromatic carbocycles. The molecule has 6 heteroatoms. The number of nitrogens with one attached hydrogen (secondary N) is 2. The maximum absolute atomic E-state index is 12.4. The molecule has 0 fully saturated rings. The molecule has 0 saturated carbocycles. The summed E-state index contributed by atoms with van der Waals surface area (Å²) < 4.78 is 11.3. The second kappa shape index (κ2) is 11.1. The Morgan fingerprint density at radius 3 is 2.21 bits per heavy atom. The van der Waals surface area contributed by atoms with Crippen molar-refractivity contribution < 1.29 is 19.1 Å². The van der Waals surface area contributed by atoms with Crippen LogP contribution < -0.4 is 20.3 Å². The van der Waals surface area contributed by atoms with Crippen LogP contribution in [-0.2, 0) is 4.79 Å². The highest BCUT2D eigenvalue weighted by atomic mass is 16.5. The molecule has 0 radical (unpaired) electrons. The van der Waals surface area contributed by atoms with E-state index in [4.69, 9.17) is 9.47 Å². The first-order valence-electron chi connectivity index (χ1n) is 9.91. The second-order valence-electron chi connectivity index (χ2n) is 7.51. The number of hydrogen-bond acceptors (Lipinski definition) is 4. The molecule has 0 saturated heterocycles. The van der Waals surface area contributed by atoms with Crippen molar-refractivity contribution in [2.45, 2.75) is 40.0 Å². The Morgan fingerprint density at radius 2 is 1.52 bits per heavy atom. The van der Waals surface area contributed by atoms with Crippen LogP contribution >= 0.6 is 0 Å². The summed E-state index contributed by atoms with van der Waals surface area (Å²) in [4.78, 5) is 24.5. The molecule has 2 rings (SSSR count). The molecule has 0 heterocycles. The molecular formula is C23H30N2O4. The van der Waals surface area contributed by atoms with E-state index in [1.165, 1.54) is 0 Å². The van der Waals surface area contributed by atoms with E-state index in [0.717, 1.165) is 12.0 Å². The molecule has 0 aliphatic heterocycles.